The van der Waals surface area contributed by atoms with Crippen molar-refractivity contribution < 1.29 is 14.3 Å². The summed E-state index contributed by atoms with van der Waals surface area (Å²) >= 11 is 0. The maximum Gasteiger partial charge on any atom is 0.165 e. The second-order valence-corrected chi connectivity index (χ2v) is 9.84. The standard InChI is InChI=1S/C30H32FN3O2/c1-20(2)22-11-15-24(16-12-22)34-28(32-26-17-18-27(30(3,4)36)33-29(26)34)8-6-5-7-25(35)19-21-9-13-23(31)14-10-21/h9-18,36H,1,5-8,19H2,2-4H3. The van der Waals surface area contributed by atoms with Crippen LogP contribution in [0.4, 0.5) is 4.39 Å². The number of benzene rings is 2. The maximum atomic E-state index is 13.1. The van der Waals surface area contributed by atoms with Crippen LogP contribution in [0, 0.1) is 5.82 Å². The summed E-state index contributed by atoms with van der Waals surface area (Å²) in [5.74, 6) is 0.703. The number of fused-ring (bicyclic) bond motifs is 1. The number of nitrogens with zero attached hydrogens (tertiary/aromatic N) is 3. The van der Waals surface area contributed by atoms with Crippen molar-refractivity contribution in [2.45, 2.75) is 58.5 Å². The highest BCUT2D eigenvalue weighted by Crippen LogP contribution is 2.26. The van der Waals surface area contributed by atoms with Crippen LogP contribution in [-0.2, 0) is 23.2 Å². The Morgan fingerprint density at radius 3 is 2.33 bits per heavy atom. The summed E-state index contributed by atoms with van der Waals surface area (Å²) in [7, 11) is 0. The van der Waals surface area contributed by atoms with Crippen molar-refractivity contribution in [3.05, 3.63) is 95.7 Å². The third-order valence-electron chi connectivity index (χ3n) is 6.24. The first-order chi connectivity index (χ1) is 17.1. The number of unbranched alkanes of at least 4 members (excludes halogenated alkanes) is 1. The van der Waals surface area contributed by atoms with E-state index in [1.54, 1.807) is 26.0 Å². The summed E-state index contributed by atoms with van der Waals surface area (Å²) in [5.41, 5.74) is 4.78. The van der Waals surface area contributed by atoms with Gasteiger partial charge in [0.25, 0.3) is 0 Å². The number of rotatable bonds is 10. The van der Waals surface area contributed by atoms with Crippen molar-refractivity contribution in [3.63, 3.8) is 0 Å². The van der Waals surface area contributed by atoms with E-state index in [0.29, 0.717) is 30.6 Å². The van der Waals surface area contributed by atoms with E-state index in [4.69, 9.17) is 9.97 Å². The van der Waals surface area contributed by atoms with Gasteiger partial charge in [-0.1, -0.05) is 36.4 Å². The first-order valence-corrected chi connectivity index (χ1v) is 12.3. The number of allylic oxidation sites excluding steroid dienone is 1. The molecule has 0 fully saturated rings. The summed E-state index contributed by atoms with van der Waals surface area (Å²) < 4.78 is 15.1. The smallest absolute Gasteiger partial charge is 0.165 e. The average molecular weight is 486 g/mol. The Kier molecular flexibility index (Phi) is 7.45. The van der Waals surface area contributed by atoms with Crippen LogP contribution < -0.4 is 0 Å². The normalized spacial score (nSPS) is 11.7. The number of imidazole rings is 1. The second-order valence-electron chi connectivity index (χ2n) is 9.84. The molecule has 0 aliphatic rings. The molecule has 0 atom stereocenters. The highest BCUT2D eigenvalue weighted by molar-refractivity contribution is 5.80. The molecule has 0 spiro atoms. The van der Waals surface area contributed by atoms with Gasteiger partial charge in [-0.2, -0.15) is 0 Å². The molecule has 6 heteroatoms. The molecule has 2 heterocycles. The van der Waals surface area contributed by atoms with Gasteiger partial charge in [-0.05, 0) is 81.1 Å². The van der Waals surface area contributed by atoms with E-state index in [1.165, 1.54) is 12.1 Å². The molecule has 186 valence electrons. The molecule has 36 heavy (non-hydrogen) atoms. The third-order valence-corrected chi connectivity index (χ3v) is 6.24. The number of aryl methyl sites for hydroxylation is 1. The van der Waals surface area contributed by atoms with Crippen molar-refractivity contribution in [1.82, 2.24) is 14.5 Å². The Balaban J connectivity index is 1.53. The number of aromatic nitrogens is 3. The number of ketones is 1. The van der Waals surface area contributed by atoms with Gasteiger partial charge in [0.1, 0.15) is 28.5 Å². The van der Waals surface area contributed by atoms with Crippen molar-refractivity contribution in [2.24, 2.45) is 0 Å². The van der Waals surface area contributed by atoms with E-state index >= 15 is 0 Å². The molecule has 5 nitrogen and oxygen atoms in total. The van der Waals surface area contributed by atoms with E-state index in [2.05, 4.69) is 6.58 Å². The number of hydrogen-bond donors (Lipinski definition) is 1. The minimum atomic E-state index is -1.07. The first kappa shape index (κ1) is 25.5. The fourth-order valence-corrected chi connectivity index (χ4v) is 4.20. The average Bonchev–Trinajstić information content (AvgIpc) is 3.20. The lowest BCUT2D eigenvalue weighted by Crippen LogP contribution is -2.17. The van der Waals surface area contributed by atoms with Gasteiger partial charge in [-0.15, -0.1) is 0 Å². The molecule has 4 rings (SSSR count). The Hall–Kier alpha value is -3.64. The summed E-state index contributed by atoms with van der Waals surface area (Å²) in [6, 6.07) is 17.9. The quantitative estimate of drug-likeness (QED) is 0.266. The van der Waals surface area contributed by atoms with E-state index in [0.717, 1.165) is 46.6 Å². The molecule has 0 amide bonds. The molecular weight excluding hydrogens is 453 g/mol. The largest absolute Gasteiger partial charge is 0.384 e. The van der Waals surface area contributed by atoms with Crippen LogP contribution in [0.5, 0.6) is 0 Å². The highest BCUT2D eigenvalue weighted by atomic mass is 19.1. The molecule has 0 saturated heterocycles. The SMILES string of the molecule is C=C(C)c1ccc(-n2c(CCCCC(=O)Cc3ccc(F)cc3)nc3ccc(C(C)(C)O)nc32)cc1. The zero-order valence-electron chi connectivity index (χ0n) is 21.1. The predicted molar refractivity (Wildman–Crippen MR) is 141 cm³/mol. The second kappa shape index (κ2) is 10.5. The maximum absolute atomic E-state index is 13.1. The van der Waals surface area contributed by atoms with Gasteiger partial charge in [0.15, 0.2) is 5.65 Å². The minimum Gasteiger partial charge on any atom is -0.384 e. The van der Waals surface area contributed by atoms with Gasteiger partial charge >= 0.3 is 0 Å². The fourth-order valence-electron chi connectivity index (χ4n) is 4.20. The van der Waals surface area contributed by atoms with E-state index < -0.39 is 5.60 Å². The summed E-state index contributed by atoms with van der Waals surface area (Å²) in [6.07, 6.45) is 2.99. The van der Waals surface area contributed by atoms with Gasteiger partial charge in [0.2, 0.25) is 0 Å². The summed E-state index contributed by atoms with van der Waals surface area (Å²) in [6.45, 7) is 9.42. The fraction of sp³-hybridized carbons (Fsp3) is 0.300. The summed E-state index contributed by atoms with van der Waals surface area (Å²) in [5, 5.41) is 10.5. The zero-order valence-corrected chi connectivity index (χ0v) is 21.1. The van der Waals surface area contributed by atoms with E-state index in [9.17, 15) is 14.3 Å². The van der Waals surface area contributed by atoms with Gasteiger partial charge < -0.3 is 5.11 Å². The lowest BCUT2D eigenvalue weighted by Gasteiger charge is -2.17. The molecule has 0 radical (unpaired) electrons. The van der Waals surface area contributed by atoms with Crippen LogP contribution in [0.15, 0.2) is 67.2 Å². The van der Waals surface area contributed by atoms with Crippen LogP contribution in [0.3, 0.4) is 0 Å². The lowest BCUT2D eigenvalue weighted by molar-refractivity contribution is -0.118. The number of carbonyl (C=O) groups is 1. The molecule has 0 bridgehead atoms. The third kappa shape index (κ3) is 5.94. The minimum absolute atomic E-state index is 0.141. The van der Waals surface area contributed by atoms with Crippen molar-refractivity contribution in [3.8, 4) is 5.69 Å². The molecule has 0 aliphatic carbocycles. The molecule has 1 N–H and O–H groups in total. The number of carbonyl (C=O) groups excluding carboxylic acids is 1. The van der Waals surface area contributed by atoms with Crippen LogP contribution in [-0.4, -0.2) is 25.4 Å². The van der Waals surface area contributed by atoms with Crippen LogP contribution >= 0.6 is 0 Å². The number of pyridine rings is 1. The lowest BCUT2D eigenvalue weighted by atomic mass is 10.0. The van der Waals surface area contributed by atoms with E-state index in [-0.39, 0.29) is 11.6 Å². The number of halogens is 1. The number of aliphatic hydroxyl groups is 1. The van der Waals surface area contributed by atoms with Crippen molar-refractivity contribution in [1.29, 1.82) is 0 Å². The molecule has 2 aromatic heterocycles. The Labute approximate surface area is 211 Å². The molecule has 0 unspecified atom stereocenters. The van der Waals surface area contributed by atoms with Gasteiger partial charge in [-0.25, -0.2) is 14.4 Å². The summed E-state index contributed by atoms with van der Waals surface area (Å²) in [4.78, 5) is 22.0. The molecular formula is C30H32FN3O2. The van der Waals surface area contributed by atoms with Crippen LogP contribution in [0.1, 0.15) is 62.7 Å². The predicted octanol–water partition coefficient (Wildman–Crippen LogP) is 6.34. The Morgan fingerprint density at radius 2 is 1.69 bits per heavy atom. The Bertz CT molecular complexity index is 1380. The molecule has 2 aromatic carbocycles. The van der Waals surface area contributed by atoms with Crippen molar-refractivity contribution >= 4 is 22.5 Å². The topological polar surface area (TPSA) is 68.0 Å². The molecule has 0 aliphatic heterocycles. The van der Waals surface area contributed by atoms with Gasteiger partial charge in [0, 0.05) is 24.9 Å². The first-order valence-electron chi connectivity index (χ1n) is 12.3. The number of Topliss-reactive ketones (excluding diaryl/α,β-unsaturated/α-hetero) is 1. The zero-order chi connectivity index (χ0) is 25.9. The number of hydrogen-bond acceptors (Lipinski definition) is 4. The monoisotopic (exact) mass is 485 g/mol. The molecule has 0 saturated carbocycles. The van der Waals surface area contributed by atoms with Gasteiger partial charge in [0.05, 0.1) is 5.69 Å². The highest BCUT2D eigenvalue weighted by Gasteiger charge is 2.21. The van der Waals surface area contributed by atoms with E-state index in [1.807, 2.05) is 47.9 Å². The Morgan fingerprint density at radius 1 is 1.00 bits per heavy atom. The van der Waals surface area contributed by atoms with Gasteiger partial charge in [-0.3, -0.25) is 9.36 Å². The van der Waals surface area contributed by atoms with Crippen LogP contribution in [0.2, 0.25) is 0 Å². The van der Waals surface area contributed by atoms with Crippen molar-refractivity contribution in [2.75, 3.05) is 0 Å². The molecule has 4 aromatic rings. The van der Waals surface area contributed by atoms with Crippen LogP contribution in [0.25, 0.3) is 22.4 Å².